The molecule has 24 heavy (non-hydrogen) atoms. The third-order valence-electron chi connectivity index (χ3n) is 3.47. The van der Waals surface area contributed by atoms with Gasteiger partial charge >= 0.3 is 0 Å². The van der Waals surface area contributed by atoms with Crippen molar-refractivity contribution in [3.63, 3.8) is 0 Å². The number of ketones is 1. The summed E-state index contributed by atoms with van der Waals surface area (Å²) >= 11 is 2.76. The van der Waals surface area contributed by atoms with Gasteiger partial charge in [0.25, 0.3) is 0 Å². The number of rotatable bonds is 4. The minimum atomic E-state index is -0.0670. The Labute approximate surface area is 146 Å². The lowest BCUT2D eigenvalue weighted by Gasteiger charge is -2.03. The van der Waals surface area contributed by atoms with E-state index in [-0.39, 0.29) is 5.78 Å². The predicted molar refractivity (Wildman–Crippen MR) is 98.2 cm³/mol. The summed E-state index contributed by atoms with van der Waals surface area (Å²) in [7, 11) is 0. The van der Waals surface area contributed by atoms with E-state index in [0.717, 1.165) is 10.2 Å². The Morgan fingerprint density at radius 3 is 2.54 bits per heavy atom. The molecule has 0 aliphatic carbocycles. The van der Waals surface area contributed by atoms with Crippen LogP contribution in [0.3, 0.4) is 0 Å². The standard InChI is InChI=1S/C18H11N3OS2/c22-17(12-6-2-1-3-7-12)14(10-13-11-23-21-20-13)18-19-15-8-4-5-9-16(15)24-18/h1-11H/b14-10-. The fourth-order valence-electron chi connectivity index (χ4n) is 2.34. The van der Waals surface area contributed by atoms with Crippen LogP contribution in [-0.2, 0) is 0 Å². The summed E-state index contributed by atoms with van der Waals surface area (Å²) in [5.41, 5.74) is 2.72. The molecule has 0 bridgehead atoms. The third-order valence-corrected chi connectivity index (χ3v) is 5.07. The van der Waals surface area contributed by atoms with E-state index in [4.69, 9.17) is 0 Å². The Kier molecular flexibility index (Phi) is 3.98. The Bertz CT molecular complexity index is 988. The summed E-state index contributed by atoms with van der Waals surface area (Å²) in [4.78, 5) is 17.6. The van der Waals surface area contributed by atoms with Crippen molar-refractivity contribution in [3.8, 4) is 0 Å². The molecule has 2 heterocycles. The molecule has 6 heteroatoms. The van der Waals surface area contributed by atoms with E-state index in [9.17, 15) is 4.79 Å². The Morgan fingerprint density at radius 2 is 1.79 bits per heavy atom. The van der Waals surface area contributed by atoms with E-state index in [1.165, 1.54) is 22.9 Å². The van der Waals surface area contributed by atoms with Gasteiger partial charge in [-0.1, -0.05) is 47.0 Å². The second kappa shape index (κ2) is 6.43. The number of carbonyl (C=O) groups excluding carboxylic acids is 1. The van der Waals surface area contributed by atoms with Gasteiger partial charge in [-0.3, -0.25) is 4.79 Å². The first-order valence-corrected chi connectivity index (χ1v) is 8.91. The average molecular weight is 349 g/mol. The third kappa shape index (κ3) is 2.89. The molecule has 0 saturated carbocycles. The minimum absolute atomic E-state index is 0.0670. The second-order valence-corrected chi connectivity index (χ2v) is 6.71. The number of thiazole rings is 1. The van der Waals surface area contributed by atoms with Gasteiger partial charge in [-0.15, -0.1) is 16.4 Å². The molecule has 0 unspecified atom stereocenters. The number of allylic oxidation sites excluding steroid dienone is 1. The Balaban J connectivity index is 1.86. The predicted octanol–water partition coefficient (Wildman–Crippen LogP) is 4.57. The monoisotopic (exact) mass is 349 g/mol. The molecule has 4 aromatic rings. The number of nitrogens with zero attached hydrogens (tertiary/aromatic N) is 3. The molecule has 0 aliphatic rings. The van der Waals surface area contributed by atoms with Crippen LogP contribution in [0.15, 0.2) is 60.0 Å². The van der Waals surface area contributed by atoms with Crippen molar-refractivity contribution >= 4 is 50.5 Å². The van der Waals surface area contributed by atoms with Crippen molar-refractivity contribution < 1.29 is 4.79 Å². The fourth-order valence-corrected chi connectivity index (χ4v) is 3.73. The zero-order chi connectivity index (χ0) is 16.4. The lowest BCUT2D eigenvalue weighted by atomic mass is 10.0. The van der Waals surface area contributed by atoms with Crippen molar-refractivity contribution in [2.24, 2.45) is 0 Å². The number of para-hydroxylation sites is 1. The molecule has 4 rings (SSSR count). The van der Waals surface area contributed by atoms with E-state index >= 15 is 0 Å². The number of aromatic nitrogens is 3. The smallest absolute Gasteiger partial charge is 0.196 e. The molecule has 0 aliphatic heterocycles. The quantitative estimate of drug-likeness (QED) is 0.400. The van der Waals surface area contributed by atoms with Crippen molar-refractivity contribution in [1.29, 1.82) is 0 Å². The molecule has 0 N–H and O–H groups in total. The molecule has 2 aromatic heterocycles. The molecular formula is C18H11N3OS2. The molecule has 0 saturated heterocycles. The van der Waals surface area contributed by atoms with Gasteiger partial charge in [0.05, 0.1) is 21.5 Å². The first-order chi connectivity index (χ1) is 11.8. The maximum Gasteiger partial charge on any atom is 0.196 e. The summed E-state index contributed by atoms with van der Waals surface area (Å²) in [5, 5.41) is 6.53. The SMILES string of the molecule is O=C(/C(=C/c1csnn1)c1nc2ccccc2s1)c1ccccc1. The molecule has 0 atom stereocenters. The number of carbonyl (C=O) groups is 1. The van der Waals surface area contributed by atoms with Crippen molar-refractivity contribution in [2.75, 3.05) is 0 Å². The van der Waals surface area contributed by atoms with Gasteiger partial charge < -0.3 is 0 Å². The number of hydrogen-bond acceptors (Lipinski definition) is 6. The molecule has 2 aromatic carbocycles. The van der Waals surface area contributed by atoms with Gasteiger partial charge in [-0.25, -0.2) is 4.98 Å². The summed E-state index contributed by atoms with van der Waals surface area (Å²) in [6.45, 7) is 0. The normalized spacial score (nSPS) is 11.8. The van der Waals surface area contributed by atoms with Crippen LogP contribution in [0.4, 0.5) is 0 Å². The van der Waals surface area contributed by atoms with Gasteiger partial charge in [-0.2, -0.15) is 0 Å². The molecule has 0 spiro atoms. The first-order valence-electron chi connectivity index (χ1n) is 7.26. The molecule has 116 valence electrons. The first kappa shape index (κ1) is 14.9. The van der Waals surface area contributed by atoms with Crippen LogP contribution in [0.5, 0.6) is 0 Å². The number of fused-ring (bicyclic) bond motifs is 1. The summed E-state index contributed by atoms with van der Waals surface area (Å²) in [6, 6.07) is 17.1. The van der Waals surface area contributed by atoms with E-state index in [2.05, 4.69) is 14.6 Å². The lowest BCUT2D eigenvalue weighted by molar-refractivity contribution is 0.105. The van der Waals surface area contributed by atoms with E-state index < -0.39 is 0 Å². The average Bonchev–Trinajstić information content (AvgIpc) is 3.29. The molecule has 4 nitrogen and oxygen atoms in total. The number of benzene rings is 2. The number of Topliss-reactive ketones (excluding diaryl/α,β-unsaturated/α-hetero) is 1. The van der Waals surface area contributed by atoms with Crippen LogP contribution in [-0.4, -0.2) is 20.4 Å². The van der Waals surface area contributed by atoms with Crippen molar-refractivity contribution in [2.45, 2.75) is 0 Å². The van der Waals surface area contributed by atoms with Gasteiger partial charge in [0.1, 0.15) is 5.01 Å². The zero-order valence-electron chi connectivity index (χ0n) is 12.4. The summed E-state index contributed by atoms with van der Waals surface area (Å²) in [6.07, 6.45) is 1.76. The maximum absolute atomic E-state index is 13.0. The van der Waals surface area contributed by atoms with Gasteiger partial charge in [0, 0.05) is 10.9 Å². The largest absolute Gasteiger partial charge is 0.288 e. The van der Waals surface area contributed by atoms with Crippen LogP contribution in [0, 0.1) is 0 Å². The summed E-state index contributed by atoms with van der Waals surface area (Å²) < 4.78 is 4.91. The van der Waals surface area contributed by atoms with Crippen LogP contribution in [0.1, 0.15) is 21.1 Å². The van der Waals surface area contributed by atoms with Crippen LogP contribution < -0.4 is 0 Å². The molecule has 0 fully saturated rings. The lowest BCUT2D eigenvalue weighted by Crippen LogP contribution is -2.02. The second-order valence-electron chi connectivity index (χ2n) is 5.07. The highest BCUT2D eigenvalue weighted by atomic mass is 32.1. The highest BCUT2D eigenvalue weighted by Gasteiger charge is 2.18. The van der Waals surface area contributed by atoms with Crippen LogP contribution in [0.2, 0.25) is 0 Å². The van der Waals surface area contributed by atoms with E-state index in [0.29, 0.717) is 21.8 Å². The Morgan fingerprint density at radius 1 is 1.00 bits per heavy atom. The minimum Gasteiger partial charge on any atom is -0.288 e. The topological polar surface area (TPSA) is 55.7 Å². The van der Waals surface area contributed by atoms with Crippen molar-refractivity contribution in [3.05, 3.63) is 76.2 Å². The molecule has 0 radical (unpaired) electrons. The van der Waals surface area contributed by atoms with Gasteiger partial charge in [-0.05, 0) is 29.7 Å². The molecule has 0 amide bonds. The Hall–Kier alpha value is -2.70. The highest BCUT2D eigenvalue weighted by molar-refractivity contribution is 7.20. The summed E-state index contributed by atoms with van der Waals surface area (Å²) in [5.74, 6) is -0.0670. The zero-order valence-corrected chi connectivity index (χ0v) is 14.1. The maximum atomic E-state index is 13.0. The highest BCUT2D eigenvalue weighted by Crippen LogP contribution is 2.30. The molecular weight excluding hydrogens is 338 g/mol. The van der Waals surface area contributed by atoms with Crippen LogP contribution in [0.25, 0.3) is 21.9 Å². The van der Waals surface area contributed by atoms with Crippen LogP contribution >= 0.6 is 22.9 Å². The van der Waals surface area contributed by atoms with E-state index in [1.54, 1.807) is 6.08 Å². The van der Waals surface area contributed by atoms with Gasteiger partial charge in [0.15, 0.2) is 5.78 Å². The van der Waals surface area contributed by atoms with E-state index in [1.807, 2.05) is 60.0 Å². The van der Waals surface area contributed by atoms with Gasteiger partial charge in [0.2, 0.25) is 0 Å². The number of hydrogen-bond donors (Lipinski definition) is 0. The van der Waals surface area contributed by atoms with Crippen molar-refractivity contribution in [1.82, 2.24) is 14.6 Å². The fraction of sp³-hybridized carbons (Fsp3) is 0.